The van der Waals surface area contributed by atoms with E-state index >= 15 is 0 Å². The fourth-order valence-electron chi connectivity index (χ4n) is 2.46. The first-order chi connectivity index (χ1) is 9.41. The second-order valence-electron chi connectivity index (χ2n) is 5.57. The molecule has 1 aliphatic rings. The molecule has 6 nitrogen and oxygen atoms in total. The number of hydrazine groups is 1. The van der Waals surface area contributed by atoms with Crippen molar-refractivity contribution < 1.29 is 4.92 Å². The molecule has 0 aromatic heterocycles. The molecule has 1 fully saturated rings. The third-order valence-electron chi connectivity index (χ3n) is 3.32. The predicted molar refractivity (Wildman–Crippen MR) is 82.7 cm³/mol. The first-order valence-corrected chi connectivity index (χ1v) is 7.50. The minimum absolute atomic E-state index is 0.00535. The number of nitrogens with one attached hydrogen (secondary N) is 1. The van der Waals surface area contributed by atoms with E-state index in [1.807, 2.05) is 11.8 Å². The zero-order valence-corrected chi connectivity index (χ0v) is 12.6. The maximum Gasteiger partial charge on any atom is 0.293 e. The van der Waals surface area contributed by atoms with Crippen molar-refractivity contribution in [2.45, 2.75) is 25.1 Å². The highest BCUT2D eigenvalue weighted by Crippen LogP contribution is 2.31. The monoisotopic (exact) mass is 296 g/mol. The van der Waals surface area contributed by atoms with Gasteiger partial charge in [-0.3, -0.25) is 20.9 Å². The zero-order chi connectivity index (χ0) is 14.8. The van der Waals surface area contributed by atoms with Crippen molar-refractivity contribution in [3.8, 4) is 0 Å². The Labute approximate surface area is 122 Å². The summed E-state index contributed by atoms with van der Waals surface area (Å²) in [5.74, 6) is 6.48. The van der Waals surface area contributed by atoms with Crippen LogP contribution >= 0.6 is 11.8 Å². The highest BCUT2D eigenvalue weighted by Gasteiger charge is 2.27. The summed E-state index contributed by atoms with van der Waals surface area (Å²) in [5, 5.41) is 10.9. The quantitative estimate of drug-likeness (QED) is 0.503. The summed E-state index contributed by atoms with van der Waals surface area (Å²) in [4.78, 5) is 12.8. The summed E-state index contributed by atoms with van der Waals surface area (Å²) in [5.41, 5.74) is 3.80. The van der Waals surface area contributed by atoms with Crippen molar-refractivity contribution in [2.24, 2.45) is 5.84 Å². The standard InChI is InChI=1S/C13H20N4O2S/c1-13(2)9-16(5-6-20-13)8-10-3-4-12(17(18)19)11(7-10)15-14/h3-4,7,15H,5-6,8-9,14H2,1-2H3. The van der Waals surface area contributed by atoms with Gasteiger partial charge in [-0.2, -0.15) is 11.8 Å². The summed E-state index contributed by atoms with van der Waals surface area (Å²) in [6, 6.07) is 5.06. The molecule has 1 aromatic carbocycles. The first-order valence-electron chi connectivity index (χ1n) is 6.51. The van der Waals surface area contributed by atoms with E-state index in [9.17, 15) is 10.1 Å². The number of nitro groups is 1. The van der Waals surface area contributed by atoms with Gasteiger partial charge < -0.3 is 5.43 Å². The third-order valence-corrected chi connectivity index (χ3v) is 4.62. The van der Waals surface area contributed by atoms with Gasteiger partial charge in [0.15, 0.2) is 0 Å². The summed E-state index contributed by atoms with van der Waals surface area (Å²) < 4.78 is 0.258. The van der Waals surface area contributed by atoms with Gasteiger partial charge in [0.25, 0.3) is 5.69 Å². The summed E-state index contributed by atoms with van der Waals surface area (Å²) >= 11 is 1.99. The van der Waals surface area contributed by atoms with E-state index in [0.29, 0.717) is 5.69 Å². The summed E-state index contributed by atoms with van der Waals surface area (Å²) in [6.07, 6.45) is 0. The van der Waals surface area contributed by atoms with E-state index in [0.717, 1.165) is 31.0 Å². The molecule has 7 heteroatoms. The van der Waals surface area contributed by atoms with Gasteiger partial charge in [0.2, 0.25) is 0 Å². The van der Waals surface area contributed by atoms with Crippen LogP contribution in [0, 0.1) is 10.1 Å². The number of benzene rings is 1. The Kier molecular flexibility index (Phi) is 4.52. The maximum absolute atomic E-state index is 10.9. The Morgan fingerprint density at radius 3 is 2.90 bits per heavy atom. The van der Waals surface area contributed by atoms with Gasteiger partial charge in [-0.15, -0.1) is 0 Å². The Hall–Kier alpha value is -1.31. The normalized spacial score (nSPS) is 18.8. The molecule has 110 valence electrons. The van der Waals surface area contributed by atoms with Crippen molar-refractivity contribution in [3.63, 3.8) is 0 Å². The van der Waals surface area contributed by atoms with Gasteiger partial charge >= 0.3 is 0 Å². The van der Waals surface area contributed by atoms with E-state index in [-0.39, 0.29) is 10.4 Å². The van der Waals surface area contributed by atoms with Crippen LogP contribution in [0.4, 0.5) is 11.4 Å². The van der Waals surface area contributed by atoms with Gasteiger partial charge in [0.05, 0.1) is 4.92 Å². The smallest absolute Gasteiger partial charge is 0.293 e. The van der Waals surface area contributed by atoms with Crippen molar-refractivity contribution in [2.75, 3.05) is 24.3 Å². The molecule has 0 saturated carbocycles. The first kappa shape index (κ1) is 15.1. The molecule has 2 rings (SSSR count). The van der Waals surface area contributed by atoms with Gasteiger partial charge in [-0.05, 0) is 25.5 Å². The average Bonchev–Trinajstić information content (AvgIpc) is 2.37. The fraction of sp³-hybridized carbons (Fsp3) is 0.538. The lowest BCUT2D eigenvalue weighted by Gasteiger charge is -2.37. The second kappa shape index (κ2) is 5.99. The fourth-order valence-corrected chi connectivity index (χ4v) is 3.64. The van der Waals surface area contributed by atoms with Crippen molar-refractivity contribution in [1.29, 1.82) is 0 Å². The Morgan fingerprint density at radius 1 is 1.55 bits per heavy atom. The van der Waals surface area contributed by atoms with Gasteiger partial charge in [-0.25, -0.2) is 0 Å². The van der Waals surface area contributed by atoms with Crippen LogP contribution in [0.3, 0.4) is 0 Å². The van der Waals surface area contributed by atoms with Gasteiger partial charge in [-0.1, -0.05) is 6.07 Å². The van der Waals surface area contributed by atoms with Crippen molar-refractivity contribution in [3.05, 3.63) is 33.9 Å². The number of nitro benzene ring substituents is 1. The minimum atomic E-state index is -0.431. The lowest BCUT2D eigenvalue weighted by Crippen LogP contribution is -2.42. The molecule has 1 aliphatic heterocycles. The van der Waals surface area contributed by atoms with Gasteiger partial charge in [0, 0.05) is 36.2 Å². The molecule has 20 heavy (non-hydrogen) atoms. The van der Waals surface area contributed by atoms with E-state index in [1.54, 1.807) is 12.1 Å². The Bertz CT molecular complexity index is 507. The number of thioether (sulfide) groups is 1. The molecule has 0 amide bonds. The number of rotatable bonds is 4. The Balaban J connectivity index is 2.12. The van der Waals surface area contributed by atoms with Crippen LogP contribution in [-0.4, -0.2) is 33.4 Å². The maximum atomic E-state index is 10.9. The SMILES string of the molecule is CC1(C)CN(Cc2ccc([N+](=O)[O-])c(NN)c2)CCS1. The van der Waals surface area contributed by atoms with Crippen LogP contribution in [0.25, 0.3) is 0 Å². The molecule has 3 N–H and O–H groups in total. The molecule has 1 saturated heterocycles. The zero-order valence-electron chi connectivity index (χ0n) is 11.8. The second-order valence-corrected chi connectivity index (χ2v) is 7.37. The Morgan fingerprint density at radius 2 is 2.30 bits per heavy atom. The van der Waals surface area contributed by atoms with E-state index in [4.69, 9.17) is 5.84 Å². The van der Waals surface area contributed by atoms with Crippen LogP contribution in [0.1, 0.15) is 19.4 Å². The average molecular weight is 296 g/mol. The number of nitrogen functional groups attached to an aromatic ring is 1. The van der Waals surface area contributed by atoms with Crippen molar-refractivity contribution in [1.82, 2.24) is 4.90 Å². The van der Waals surface area contributed by atoms with E-state index in [2.05, 4.69) is 24.2 Å². The van der Waals surface area contributed by atoms with Crippen LogP contribution in [0.15, 0.2) is 18.2 Å². The predicted octanol–water partition coefficient (Wildman–Crippen LogP) is 2.21. The number of hydrogen-bond acceptors (Lipinski definition) is 6. The number of hydrogen-bond donors (Lipinski definition) is 2. The molecule has 0 unspecified atom stereocenters. The van der Waals surface area contributed by atoms with E-state index < -0.39 is 4.92 Å². The van der Waals surface area contributed by atoms with Crippen LogP contribution in [-0.2, 0) is 6.54 Å². The number of anilines is 1. The van der Waals surface area contributed by atoms with Crippen LogP contribution < -0.4 is 11.3 Å². The molecular formula is C13H20N4O2S. The van der Waals surface area contributed by atoms with Crippen LogP contribution in [0.5, 0.6) is 0 Å². The molecule has 1 heterocycles. The molecule has 0 radical (unpaired) electrons. The van der Waals surface area contributed by atoms with Crippen molar-refractivity contribution >= 4 is 23.1 Å². The number of nitrogens with two attached hydrogens (primary N) is 1. The molecule has 0 bridgehead atoms. The third kappa shape index (κ3) is 3.62. The van der Waals surface area contributed by atoms with E-state index in [1.165, 1.54) is 6.07 Å². The highest BCUT2D eigenvalue weighted by molar-refractivity contribution is 8.00. The largest absolute Gasteiger partial charge is 0.318 e. The summed E-state index contributed by atoms with van der Waals surface area (Å²) in [6.45, 7) is 7.33. The molecular weight excluding hydrogens is 276 g/mol. The van der Waals surface area contributed by atoms with Crippen LogP contribution in [0.2, 0.25) is 0 Å². The summed E-state index contributed by atoms with van der Waals surface area (Å²) in [7, 11) is 0. The lowest BCUT2D eigenvalue weighted by atomic mass is 10.1. The lowest BCUT2D eigenvalue weighted by molar-refractivity contribution is -0.384. The molecule has 0 spiro atoms. The molecule has 1 aromatic rings. The molecule has 0 aliphatic carbocycles. The van der Waals surface area contributed by atoms with Gasteiger partial charge in [0.1, 0.15) is 5.69 Å². The minimum Gasteiger partial charge on any atom is -0.318 e. The topological polar surface area (TPSA) is 84.4 Å². The number of nitrogens with zero attached hydrogens (tertiary/aromatic N) is 2. The highest BCUT2D eigenvalue weighted by atomic mass is 32.2. The molecule has 0 atom stereocenters.